The molecular formula is C14H15N3O2S. The fourth-order valence-electron chi connectivity index (χ4n) is 1.92. The van der Waals surface area contributed by atoms with Crippen LogP contribution in [0.2, 0.25) is 0 Å². The molecule has 104 valence electrons. The third-order valence-electron chi connectivity index (χ3n) is 2.88. The number of hydrazine groups is 1. The van der Waals surface area contributed by atoms with E-state index >= 15 is 0 Å². The summed E-state index contributed by atoms with van der Waals surface area (Å²) >= 11 is 1.70. The van der Waals surface area contributed by atoms with Crippen LogP contribution < -0.4 is 20.7 Å². The molecule has 1 aromatic heterocycles. The van der Waals surface area contributed by atoms with Crippen LogP contribution in [0.3, 0.4) is 0 Å². The SMILES string of the molecule is NNc1ccnc(CSc2ccc3c(c2)OCCO3)c1. The number of fused-ring (bicyclic) bond motifs is 1. The maximum atomic E-state index is 5.57. The molecule has 6 heteroatoms. The minimum atomic E-state index is 0.604. The summed E-state index contributed by atoms with van der Waals surface area (Å²) in [5, 5.41) is 0. The summed E-state index contributed by atoms with van der Waals surface area (Å²) in [6.45, 7) is 1.22. The Morgan fingerprint density at radius 1 is 1.15 bits per heavy atom. The van der Waals surface area contributed by atoms with Crippen molar-refractivity contribution < 1.29 is 9.47 Å². The Hall–Kier alpha value is -1.92. The summed E-state index contributed by atoms with van der Waals surface area (Å²) in [5.41, 5.74) is 4.45. The Labute approximate surface area is 121 Å². The molecular weight excluding hydrogens is 274 g/mol. The van der Waals surface area contributed by atoms with Crippen LogP contribution in [0.1, 0.15) is 5.69 Å². The zero-order valence-electron chi connectivity index (χ0n) is 10.8. The molecule has 3 N–H and O–H groups in total. The molecule has 1 aliphatic rings. The monoisotopic (exact) mass is 289 g/mol. The Bertz CT molecular complexity index is 607. The average Bonchev–Trinajstić information content (AvgIpc) is 2.53. The fourth-order valence-corrected chi connectivity index (χ4v) is 2.74. The fraction of sp³-hybridized carbons (Fsp3) is 0.214. The van der Waals surface area contributed by atoms with E-state index in [0.717, 1.165) is 33.5 Å². The van der Waals surface area contributed by atoms with Gasteiger partial charge in [0.15, 0.2) is 11.5 Å². The number of hydrogen-bond donors (Lipinski definition) is 2. The number of benzene rings is 1. The average molecular weight is 289 g/mol. The number of pyridine rings is 1. The van der Waals surface area contributed by atoms with E-state index in [-0.39, 0.29) is 0 Å². The van der Waals surface area contributed by atoms with Crippen LogP contribution in [-0.2, 0) is 5.75 Å². The first kappa shape index (κ1) is 13.1. The first-order valence-corrected chi connectivity index (χ1v) is 7.28. The summed E-state index contributed by atoms with van der Waals surface area (Å²) in [6.07, 6.45) is 1.74. The molecule has 2 heterocycles. The lowest BCUT2D eigenvalue weighted by atomic mass is 10.3. The van der Waals surface area contributed by atoms with E-state index in [1.807, 2.05) is 30.3 Å². The van der Waals surface area contributed by atoms with Crippen molar-refractivity contribution in [3.05, 3.63) is 42.2 Å². The molecule has 0 radical (unpaired) electrons. The predicted molar refractivity (Wildman–Crippen MR) is 79.0 cm³/mol. The van der Waals surface area contributed by atoms with E-state index < -0.39 is 0 Å². The first-order chi connectivity index (χ1) is 9.85. The molecule has 0 spiro atoms. The number of nitrogens with one attached hydrogen (secondary N) is 1. The van der Waals surface area contributed by atoms with Crippen LogP contribution in [0.5, 0.6) is 11.5 Å². The lowest BCUT2D eigenvalue weighted by molar-refractivity contribution is 0.171. The maximum absolute atomic E-state index is 5.57. The van der Waals surface area contributed by atoms with E-state index in [4.69, 9.17) is 15.3 Å². The van der Waals surface area contributed by atoms with Crippen LogP contribution >= 0.6 is 11.8 Å². The van der Waals surface area contributed by atoms with E-state index in [9.17, 15) is 0 Å². The molecule has 0 aliphatic carbocycles. The molecule has 5 nitrogen and oxygen atoms in total. The Morgan fingerprint density at radius 2 is 2.00 bits per heavy atom. The molecule has 0 atom stereocenters. The van der Waals surface area contributed by atoms with Crippen molar-refractivity contribution in [2.24, 2.45) is 5.84 Å². The highest BCUT2D eigenvalue weighted by molar-refractivity contribution is 7.98. The normalized spacial score (nSPS) is 13.1. The molecule has 0 amide bonds. The molecule has 1 aliphatic heterocycles. The van der Waals surface area contributed by atoms with Crippen LogP contribution in [0.4, 0.5) is 5.69 Å². The molecule has 0 unspecified atom stereocenters. The Kier molecular flexibility index (Phi) is 3.94. The Morgan fingerprint density at radius 3 is 2.85 bits per heavy atom. The summed E-state index contributed by atoms with van der Waals surface area (Å²) in [7, 11) is 0. The molecule has 3 rings (SSSR count). The largest absolute Gasteiger partial charge is 0.486 e. The van der Waals surface area contributed by atoms with Crippen LogP contribution in [0.15, 0.2) is 41.4 Å². The van der Waals surface area contributed by atoms with Gasteiger partial charge in [0.2, 0.25) is 0 Å². The van der Waals surface area contributed by atoms with Gasteiger partial charge >= 0.3 is 0 Å². The highest BCUT2D eigenvalue weighted by Crippen LogP contribution is 2.35. The predicted octanol–water partition coefficient (Wildman–Crippen LogP) is 2.43. The standard InChI is InChI=1S/C14H15N3O2S/c15-17-10-3-4-16-11(7-10)9-20-12-1-2-13-14(8-12)19-6-5-18-13/h1-4,7-8H,5-6,9,15H2,(H,16,17). The number of thioether (sulfide) groups is 1. The zero-order chi connectivity index (χ0) is 13.8. The molecule has 0 saturated carbocycles. The van der Waals surface area contributed by atoms with Gasteiger partial charge in [0.1, 0.15) is 13.2 Å². The van der Waals surface area contributed by atoms with Gasteiger partial charge in [-0.2, -0.15) is 0 Å². The number of aromatic nitrogens is 1. The van der Waals surface area contributed by atoms with E-state index in [2.05, 4.69) is 10.4 Å². The van der Waals surface area contributed by atoms with Gasteiger partial charge in [0.05, 0.1) is 11.4 Å². The van der Waals surface area contributed by atoms with Crippen LogP contribution in [-0.4, -0.2) is 18.2 Å². The van der Waals surface area contributed by atoms with Gasteiger partial charge in [0.25, 0.3) is 0 Å². The Balaban J connectivity index is 1.68. The van der Waals surface area contributed by atoms with Crippen molar-refractivity contribution in [1.82, 2.24) is 4.98 Å². The second kappa shape index (κ2) is 6.02. The number of rotatable bonds is 4. The number of nitrogens with two attached hydrogens (primary N) is 1. The molecule has 20 heavy (non-hydrogen) atoms. The second-order valence-electron chi connectivity index (χ2n) is 4.27. The van der Waals surface area contributed by atoms with Crippen molar-refractivity contribution in [3.63, 3.8) is 0 Å². The smallest absolute Gasteiger partial charge is 0.162 e. The first-order valence-electron chi connectivity index (χ1n) is 6.29. The number of hydrogen-bond acceptors (Lipinski definition) is 6. The molecule has 0 saturated heterocycles. The molecule has 1 aromatic carbocycles. The highest BCUT2D eigenvalue weighted by Gasteiger charge is 2.11. The van der Waals surface area contributed by atoms with Gasteiger partial charge in [-0.3, -0.25) is 10.8 Å². The molecule has 2 aromatic rings. The van der Waals surface area contributed by atoms with Gasteiger partial charge in [-0.25, -0.2) is 0 Å². The summed E-state index contributed by atoms with van der Waals surface area (Å²) in [6, 6.07) is 9.75. The minimum absolute atomic E-state index is 0.604. The van der Waals surface area contributed by atoms with Crippen molar-refractivity contribution in [2.75, 3.05) is 18.6 Å². The number of nitrogen functional groups attached to an aromatic ring is 1. The van der Waals surface area contributed by atoms with E-state index in [1.54, 1.807) is 18.0 Å². The van der Waals surface area contributed by atoms with Crippen molar-refractivity contribution in [3.8, 4) is 11.5 Å². The number of ether oxygens (including phenoxy) is 2. The van der Waals surface area contributed by atoms with Gasteiger partial charge in [-0.05, 0) is 30.3 Å². The lowest BCUT2D eigenvalue weighted by Gasteiger charge is -2.18. The quantitative estimate of drug-likeness (QED) is 0.512. The third-order valence-corrected chi connectivity index (χ3v) is 3.91. The van der Waals surface area contributed by atoms with Crippen molar-refractivity contribution in [1.29, 1.82) is 0 Å². The summed E-state index contributed by atoms with van der Waals surface area (Å²) < 4.78 is 11.1. The highest BCUT2D eigenvalue weighted by atomic mass is 32.2. The van der Waals surface area contributed by atoms with Crippen LogP contribution in [0, 0.1) is 0 Å². The number of anilines is 1. The van der Waals surface area contributed by atoms with Crippen molar-refractivity contribution in [2.45, 2.75) is 10.6 Å². The van der Waals surface area contributed by atoms with Gasteiger partial charge in [-0.15, -0.1) is 11.8 Å². The van der Waals surface area contributed by atoms with Gasteiger partial charge in [-0.1, -0.05) is 0 Å². The van der Waals surface area contributed by atoms with Gasteiger partial charge in [0, 0.05) is 16.8 Å². The topological polar surface area (TPSA) is 69.4 Å². The van der Waals surface area contributed by atoms with Crippen LogP contribution in [0.25, 0.3) is 0 Å². The van der Waals surface area contributed by atoms with E-state index in [1.165, 1.54) is 0 Å². The summed E-state index contributed by atoms with van der Waals surface area (Å²) in [4.78, 5) is 5.44. The van der Waals surface area contributed by atoms with E-state index in [0.29, 0.717) is 13.2 Å². The summed E-state index contributed by atoms with van der Waals surface area (Å²) in [5.74, 6) is 7.78. The molecule has 0 fully saturated rings. The van der Waals surface area contributed by atoms with Gasteiger partial charge < -0.3 is 14.9 Å². The van der Waals surface area contributed by atoms with Crippen molar-refractivity contribution >= 4 is 17.4 Å². The third kappa shape index (κ3) is 2.97. The number of nitrogens with zero attached hydrogens (tertiary/aromatic N) is 1. The zero-order valence-corrected chi connectivity index (χ0v) is 11.7. The lowest BCUT2D eigenvalue weighted by Crippen LogP contribution is -2.15. The molecule has 0 bridgehead atoms. The maximum Gasteiger partial charge on any atom is 0.162 e. The minimum Gasteiger partial charge on any atom is -0.486 e. The second-order valence-corrected chi connectivity index (χ2v) is 5.32.